The Balaban J connectivity index is 0.00000341. The number of nitrogens with zero attached hydrogens (tertiary/aromatic N) is 3. The summed E-state index contributed by atoms with van der Waals surface area (Å²) in [6.07, 6.45) is 1.00. The summed E-state index contributed by atoms with van der Waals surface area (Å²) in [4.78, 5) is 6.90. The lowest BCUT2D eigenvalue weighted by atomic mass is 10.2. The highest BCUT2D eigenvalue weighted by atomic mass is 127. The SMILES string of the molecule is CN=C(NCc1ccc(S(=O)(=O)N(C)C)cc1)NC1CCN(c2cccc(Cl)c2)C1.I. The Kier molecular flexibility index (Phi) is 9.41. The van der Waals surface area contributed by atoms with Gasteiger partial charge in [-0.25, -0.2) is 12.7 Å². The second-order valence-corrected chi connectivity index (χ2v) is 10.0. The maximum atomic E-state index is 12.2. The van der Waals surface area contributed by atoms with Gasteiger partial charge in [0.15, 0.2) is 5.96 Å². The maximum Gasteiger partial charge on any atom is 0.242 e. The molecule has 31 heavy (non-hydrogen) atoms. The molecule has 2 aromatic carbocycles. The first kappa shape index (κ1) is 25.7. The average Bonchev–Trinajstić information content (AvgIpc) is 3.20. The van der Waals surface area contributed by atoms with Crippen molar-refractivity contribution in [1.29, 1.82) is 0 Å². The smallest absolute Gasteiger partial charge is 0.242 e. The highest BCUT2D eigenvalue weighted by Gasteiger charge is 2.23. The molecule has 0 bridgehead atoms. The molecule has 1 atom stereocenters. The molecule has 2 aromatic rings. The van der Waals surface area contributed by atoms with Gasteiger partial charge in [0.1, 0.15) is 0 Å². The van der Waals surface area contributed by atoms with Crippen LogP contribution in [0.15, 0.2) is 58.4 Å². The molecule has 1 aliphatic rings. The van der Waals surface area contributed by atoms with Gasteiger partial charge in [-0.15, -0.1) is 24.0 Å². The first-order valence-electron chi connectivity index (χ1n) is 9.79. The Hall–Kier alpha value is -1.56. The van der Waals surface area contributed by atoms with Crippen molar-refractivity contribution >= 4 is 57.2 Å². The van der Waals surface area contributed by atoms with Crippen molar-refractivity contribution in [2.75, 3.05) is 39.1 Å². The van der Waals surface area contributed by atoms with Crippen molar-refractivity contribution in [2.24, 2.45) is 4.99 Å². The van der Waals surface area contributed by atoms with Gasteiger partial charge in [-0.2, -0.15) is 0 Å². The summed E-state index contributed by atoms with van der Waals surface area (Å²) >= 11 is 6.11. The minimum absolute atomic E-state index is 0. The number of anilines is 1. The predicted octanol–water partition coefficient (Wildman–Crippen LogP) is 3.15. The van der Waals surface area contributed by atoms with Crippen molar-refractivity contribution < 1.29 is 8.42 Å². The zero-order valence-electron chi connectivity index (χ0n) is 17.9. The summed E-state index contributed by atoms with van der Waals surface area (Å²) in [6.45, 7) is 2.38. The van der Waals surface area contributed by atoms with E-state index in [1.807, 2.05) is 30.3 Å². The van der Waals surface area contributed by atoms with E-state index in [4.69, 9.17) is 11.6 Å². The number of hydrogen-bond acceptors (Lipinski definition) is 4. The molecule has 1 unspecified atom stereocenters. The summed E-state index contributed by atoms with van der Waals surface area (Å²) in [5.41, 5.74) is 2.10. The number of benzene rings is 2. The van der Waals surface area contributed by atoms with Crippen LogP contribution in [0.3, 0.4) is 0 Å². The fourth-order valence-electron chi connectivity index (χ4n) is 3.35. The molecule has 1 aliphatic heterocycles. The first-order valence-corrected chi connectivity index (χ1v) is 11.6. The van der Waals surface area contributed by atoms with Crippen LogP contribution in [0.2, 0.25) is 5.02 Å². The number of aliphatic imine (C=N–C) groups is 1. The Labute approximate surface area is 206 Å². The summed E-state index contributed by atoms with van der Waals surface area (Å²) < 4.78 is 25.5. The Morgan fingerprint density at radius 1 is 1.23 bits per heavy atom. The molecule has 0 radical (unpaired) electrons. The molecule has 0 amide bonds. The van der Waals surface area contributed by atoms with Crippen molar-refractivity contribution in [3.8, 4) is 0 Å². The number of halogens is 2. The van der Waals surface area contributed by atoms with Crippen LogP contribution in [0, 0.1) is 0 Å². The largest absolute Gasteiger partial charge is 0.369 e. The topological polar surface area (TPSA) is 77.0 Å². The maximum absolute atomic E-state index is 12.2. The number of nitrogens with one attached hydrogen (secondary N) is 2. The lowest BCUT2D eigenvalue weighted by molar-refractivity contribution is 0.520. The molecule has 0 aromatic heterocycles. The average molecular weight is 578 g/mol. The molecule has 170 valence electrons. The standard InChI is InChI=1S/C21H28ClN5O2S.HI/c1-23-21(24-14-16-7-9-20(10-8-16)30(28,29)26(2)3)25-18-11-12-27(15-18)19-6-4-5-17(22)13-19;/h4-10,13,18H,11-12,14-15H2,1-3H3,(H2,23,24,25);1H. The van der Waals surface area contributed by atoms with Gasteiger partial charge in [0.05, 0.1) is 4.90 Å². The summed E-state index contributed by atoms with van der Waals surface area (Å²) in [6, 6.07) is 15.1. The molecule has 0 aliphatic carbocycles. The molecular weight excluding hydrogens is 549 g/mol. The second-order valence-electron chi connectivity index (χ2n) is 7.41. The minimum atomic E-state index is -3.41. The molecular formula is C21H29ClIN5O2S. The highest BCUT2D eigenvalue weighted by molar-refractivity contribution is 14.0. The number of hydrogen-bond donors (Lipinski definition) is 2. The van der Waals surface area contributed by atoms with Crippen molar-refractivity contribution in [2.45, 2.75) is 23.9 Å². The van der Waals surface area contributed by atoms with Gasteiger partial charge < -0.3 is 15.5 Å². The van der Waals surface area contributed by atoms with Crippen molar-refractivity contribution in [1.82, 2.24) is 14.9 Å². The van der Waals surface area contributed by atoms with Crippen LogP contribution in [0.1, 0.15) is 12.0 Å². The number of sulfonamides is 1. The fourth-order valence-corrected chi connectivity index (χ4v) is 4.44. The van der Waals surface area contributed by atoms with Gasteiger partial charge >= 0.3 is 0 Å². The normalized spacial score (nSPS) is 16.9. The lowest BCUT2D eigenvalue weighted by Gasteiger charge is -2.20. The van der Waals surface area contributed by atoms with Crippen molar-refractivity contribution in [3.63, 3.8) is 0 Å². The van der Waals surface area contributed by atoms with Gasteiger partial charge in [-0.1, -0.05) is 29.8 Å². The van der Waals surface area contributed by atoms with Crippen LogP contribution in [-0.2, 0) is 16.6 Å². The zero-order valence-corrected chi connectivity index (χ0v) is 21.8. The van der Waals surface area contributed by atoms with E-state index in [0.717, 1.165) is 41.7 Å². The molecule has 7 nitrogen and oxygen atoms in total. The van der Waals surface area contributed by atoms with Crippen LogP contribution < -0.4 is 15.5 Å². The van der Waals surface area contributed by atoms with E-state index in [0.29, 0.717) is 6.54 Å². The zero-order chi connectivity index (χ0) is 21.7. The monoisotopic (exact) mass is 577 g/mol. The molecule has 10 heteroatoms. The van der Waals surface area contributed by atoms with Gasteiger partial charge in [0.25, 0.3) is 0 Å². The van der Waals surface area contributed by atoms with Crippen LogP contribution >= 0.6 is 35.6 Å². The van der Waals surface area contributed by atoms with Crippen LogP contribution in [-0.4, -0.2) is 59.0 Å². The molecule has 0 saturated carbocycles. The Morgan fingerprint density at radius 3 is 2.55 bits per heavy atom. The molecule has 2 N–H and O–H groups in total. The van der Waals surface area contributed by atoms with E-state index in [1.54, 1.807) is 19.2 Å². The van der Waals surface area contributed by atoms with E-state index in [-0.39, 0.29) is 34.9 Å². The number of guanidine groups is 1. The first-order chi connectivity index (χ1) is 14.3. The van der Waals surface area contributed by atoms with E-state index in [9.17, 15) is 8.42 Å². The third-order valence-corrected chi connectivity index (χ3v) is 7.15. The summed E-state index contributed by atoms with van der Waals surface area (Å²) in [5, 5.41) is 7.50. The fraction of sp³-hybridized carbons (Fsp3) is 0.381. The highest BCUT2D eigenvalue weighted by Crippen LogP contribution is 2.23. The predicted molar refractivity (Wildman–Crippen MR) is 138 cm³/mol. The quantitative estimate of drug-likeness (QED) is 0.313. The van der Waals surface area contributed by atoms with Gasteiger partial charge in [-0.05, 0) is 42.3 Å². The molecule has 0 spiro atoms. The van der Waals surface area contributed by atoms with Gasteiger partial charge in [-0.3, -0.25) is 4.99 Å². The van der Waals surface area contributed by atoms with E-state index in [2.05, 4.69) is 26.6 Å². The Morgan fingerprint density at radius 2 is 1.94 bits per heavy atom. The third-order valence-electron chi connectivity index (χ3n) is 5.09. The molecule has 3 rings (SSSR count). The molecule has 1 fully saturated rings. The van der Waals surface area contributed by atoms with Crippen LogP contribution in [0.4, 0.5) is 5.69 Å². The Bertz CT molecular complexity index is 999. The summed E-state index contributed by atoms with van der Waals surface area (Å²) in [7, 11) is 1.38. The van der Waals surface area contributed by atoms with Crippen LogP contribution in [0.25, 0.3) is 0 Å². The van der Waals surface area contributed by atoms with Crippen LogP contribution in [0.5, 0.6) is 0 Å². The lowest BCUT2D eigenvalue weighted by Crippen LogP contribution is -2.44. The second kappa shape index (κ2) is 11.3. The van der Waals surface area contributed by atoms with Gasteiger partial charge in [0.2, 0.25) is 10.0 Å². The molecule has 1 heterocycles. The van der Waals surface area contributed by atoms with Crippen molar-refractivity contribution in [3.05, 3.63) is 59.1 Å². The van der Waals surface area contributed by atoms with E-state index in [1.165, 1.54) is 18.4 Å². The minimum Gasteiger partial charge on any atom is -0.369 e. The summed E-state index contributed by atoms with van der Waals surface area (Å²) in [5.74, 6) is 0.720. The van der Waals surface area contributed by atoms with E-state index < -0.39 is 10.0 Å². The van der Waals surface area contributed by atoms with Gasteiger partial charge in [0, 0.05) is 57.5 Å². The number of rotatable bonds is 6. The molecule has 1 saturated heterocycles. The third kappa shape index (κ3) is 6.71. The van der Waals surface area contributed by atoms with E-state index >= 15 is 0 Å².